The van der Waals surface area contributed by atoms with Gasteiger partial charge in [-0.15, -0.1) is 0 Å². The number of ether oxygens (including phenoxy) is 1. The van der Waals surface area contributed by atoms with E-state index in [2.05, 4.69) is 15.0 Å². The minimum Gasteiger partial charge on any atom is -0.481 e. The smallest absolute Gasteiger partial charge is 0.215 e. The first kappa shape index (κ1) is 11.7. The van der Waals surface area contributed by atoms with E-state index in [-0.39, 0.29) is 0 Å². The van der Waals surface area contributed by atoms with Crippen molar-refractivity contribution in [1.82, 2.24) is 15.0 Å². The SMILES string of the molecule is COc1ccc2[nH]c(-c3cccc(CN)c3)nc2n1. The quantitative estimate of drug-likeness (QED) is 0.750. The van der Waals surface area contributed by atoms with Gasteiger partial charge in [0.15, 0.2) is 5.65 Å². The highest BCUT2D eigenvalue weighted by Gasteiger charge is 2.07. The van der Waals surface area contributed by atoms with Crippen LogP contribution in [0.15, 0.2) is 36.4 Å². The number of imidazole rings is 1. The van der Waals surface area contributed by atoms with Crippen LogP contribution in [0, 0.1) is 0 Å². The second-order valence-electron chi connectivity index (χ2n) is 4.21. The Labute approximate surface area is 110 Å². The van der Waals surface area contributed by atoms with E-state index in [1.165, 1.54) is 0 Å². The van der Waals surface area contributed by atoms with Crippen molar-refractivity contribution < 1.29 is 4.74 Å². The molecule has 0 saturated carbocycles. The summed E-state index contributed by atoms with van der Waals surface area (Å²) < 4.78 is 5.09. The number of methoxy groups -OCH3 is 1. The van der Waals surface area contributed by atoms with Crippen molar-refractivity contribution in [3.8, 4) is 17.3 Å². The van der Waals surface area contributed by atoms with Crippen LogP contribution >= 0.6 is 0 Å². The lowest BCUT2D eigenvalue weighted by molar-refractivity contribution is 0.399. The summed E-state index contributed by atoms with van der Waals surface area (Å²) in [5.74, 6) is 1.34. The molecule has 0 amide bonds. The standard InChI is InChI=1S/C14H14N4O/c1-19-12-6-5-11-14(17-12)18-13(16-11)10-4-2-3-9(7-10)8-15/h2-7H,8,15H2,1H3,(H,16,17,18). The van der Waals surface area contributed by atoms with Gasteiger partial charge in [0.25, 0.3) is 0 Å². The molecule has 0 aliphatic heterocycles. The first-order valence-corrected chi connectivity index (χ1v) is 6.00. The maximum atomic E-state index is 5.65. The van der Waals surface area contributed by atoms with E-state index in [4.69, 9.17) is 10.5 Å². The number of hydrogen-bond donors (Lipinski definition) is 2. The zero-order valence-electron chi connectivity index (χ0n) is 10.6. The van der Waals surface area contributed by atoms with Crippen LogP contribution in [0.4, 0.5) is 0 Å². The maximum Gasteiger partial charge on any atom is 0.215 e. The fourth-order valence-corrected chi connectivity index (χ4v) is 1.97. The Bertz CT molecular complexity index is 720. The molecular weight excluding hydrogens is 240 g/mol. The first-order valence-electron chi connectivity index (χ1n) is 6.00. The summed E-state index contributed by atoms with van der Waals surface area (Å²) >= 11 is 0. The Hall–Kier alpha value is -2.40. The van der Waals surface area contributed by atoms with Crippen LogP contribution in [0.2, 0.25) is 0 Å². The predicted molar refractivity (Wildman–Crippen MR) is 73.8 cm³/mol. The van der Waals surface area contributed by atoms with Crippen molar-refractivity contribution in [3.63, 3.8) is 0 Å². The molecule has 19 heavy (non-hydrogen) atoms. The summed E-state index contributed by atoms with van der Waals surface area (Å²) in [7, 11) is 1.59. The minimum absolute atomic E-state index is 0.514. The number of rotatable bonds is 3. The summed E-state index contributed by atoms with van der Waals surface area (Å²) in [6.45, 7) is 0.514. The topological polar surface area (TPSA) is 76.8 Å². The molecule has 0 aliphatic carbocycles. The largest absolute Gasteiger partial charge is 0.481 e. The first-order chi connectivity index (χ1) is 9.30. The van der Waals surface area contributed by atoms with E-state index in [1.807, 2.05) is 30.3 Å². The highest BCUT2D eigenvalue weighted by Crippen LogP contribution is 2.21. The van der Waals surface area contributed by atoms with E-state index in [0.717, 1.165) is 22.5 Å². The summed E-state index contributed by atoms with van der Waals surface area (Å²) in [5.41, 5.74) is 9.25. The van der Waals surface area contributed by atoms with Crippen LogP contribution in [-0.4, -0.2) is 22.1 Å². The third-order valence-corrected chi connectivity index (χ3v) is 2.97. The number of nitrogens with one attached hydrogen (secondary N) is 1. The van der Waals surface area contributed by atoms with Crippen LogP contribution in [0.25, 0.3) is 22.6 Å². The number of nitrogens with two attached hydrogens (primary N) is 1. The molecule has 0 bridgehead atoms. The van der Waals surface area contributed by atoms with Gasteiger partial charge in [-0.2, -0.15) is 4.98 Å². The molecule has 0 fully saturated rings. The molecule has 0 saturated heterocycles. The van der Waals surface area contributed by atoms with E-state index in [0.29, 0.717) is 18.1 Å². The third-order valence-electron chi connectivity index (χ3n) is 2.97. The average Bonchev–Trinajstić information content (AvgIpc) is 2.90. The van der Waals surface area contributed by atoms with Gasteiger partial charge in [0.05, 0.1) is 12.6 Å². The van der Waals surface area contributed by atoms with Gasteiger partial charge >= 0.3 is 0 Å². The third kappa shape index (κ3) is 2.15. The van der Waals surface area contributed by atoms with Crippen LogP contribution in [-0.2, 0) is 6.54 Å². The molecule has 3 aromatic rings. The van der Waals surface area contributed by atoms with E-state index in [1.54, 1.807) is 13.2 Å². The number of benzene rings is 1. The number of H-pyrrole nitrogens is 1. The molecule has 0 radical (unpaired) electrons. The van der Waals surface area contributed by atoms with Gasteiger partial charge in [0, 0.05) is 18.2 Å². The molecule has 0 aliphatic rings. The fourth-order valence-electron chi connectivity index (χ4n) is 1.97. The van der Waals surface area contributed by atoms with E-state index < -0.39 is 0 Å². The molecule has 5 heteroatoms. The van der Waals surface area contributed by atoms with Gasteiger partial charge in [0.1, 0.15) is 5.82 Å². The van der Waals surface area contributed by atoms with Crippen LogP contribution in [0.3, 0.4) is 0 Å². The van der Waals surface area contributed by atoms with Crippen molar-refractivity contribution in [1.29, 1.82) is 0 Å². The summed E-state index contributed by atoms with van der Waals surface area (Å²) in [6, 6.07) is 11.7. The lowest BCUT2D eigenvalue weighted by atomic mass is 10.1. The molecule has 3 N–H and O–H groups in total. The Kier molecular flexibility index (Phi) is 2.89. The second-order valence-corrected chi connectivity index (χ2v) is 4.21. The zero-order chi connectivity index (χ0) is 13.2. The molecule has 2 heterocycles. The molecule has 1 aromatic carbocycles. The molecule has 5 nitrogen and oxygen atoms in total. The van der Waals surface area contributed by atoms with Gasteiger partial charge in [-0.1, -0.05) is 18.2 Å². The molecule has 2 aromatic heterocycles. The summed E-state index contributed by atoms with van der Waals surface area (Å²) in [4.78, 5) is 12.0. The predicted octanol–water partition coefficient (Wildman–Crippen LogP) is 2.09. The Morgan fingerprint density at radius 3 is 2.89 bits per heavy atom. The Morgan fingerprint density at radius 1 is 1.21 bits per heavy atom. The van der Waals surface area contributed by atoms with Gasteiger partial charge in [0.2, 0.25) is 5.88 Å². The van der Waals surface area contributed by atoms with Crippen molar-refractivity contribution in [2.45, 2.75) is 6.54 Å². The summed E-state index contributed by atoms with van der Waals surface area (Å²) in [5, 5.41) is 0. The van der Waals surface area contributed by atoms with E-state index in [9.17, 15) is 0 Å². The average molecular weight is 254 g/mol. The number of aromatic nitrogens is 3. The van der Waals surface area contributed by atoms with Crippen molar-refractivity contribution >= 4 is 11.2 Å². The zero-order valence-corrected chi connectivity index (χ0v) is 10.6. The molecular formula is C14H14N4O. The maximum absolute atomic E-state index is 5.65. The van der Waals surface area contributed by atoms with Crippen LogP contribution in [0.5, 0.6) is 5.88 Å². The molecule has 0 atom stereocenters. The Morgan fingerprint density at radius 2 is 2.11 bits per heavy atom. The fraction of sp³-hybridized carbons (Fsp3) is 0.143. The lowest BCUT2D eigenvalue weighted by Gasteiger charge is -1.99. The number of pyridine rings is 1. The number of fused-ring (bicyclic) bond motifs is 1. The van der Waals surface area contributed by atoms with Gasteiger partial charge in [-0.3, -0.25) is 0 Å². The van der Waals surface area contributed by atoms with E-state index >= 15 is 0 Å². The Balaban J connectivity index is 2.09. The highest BCUT2D eigenvalue weighted by molar-refractivity contribution is 5.76. The highest BCUT2D eigenvalue weighted by atomic mass is 16.5. The monoisotopic (exact) mass is 254 g/mol. The molecule has 0 spiro atoms. The molecule has 96 valence electrons. The van der Waals surface area contributed by atoms with Crippen molar-refractivity contribution in [2.24, 2.45) is 5.73 Å². The van der Waals surface area contributed by atoms with Gasteiger partial charge in [-0.25, -0.2) is 4.98 Å². The minimum atomic E-state index is 0.514. The second kappa shape index (κ2) is 4.70. The van der Waals surface area contributed by atoms with Gasteiger partial charge in [-0.05, 0) is 17.7 Å². The van der Waals surface area contributed by atoms with Crippen molar-refractivity contribution in [3.05, 3.63) is 42.0 Å². The number of nitrogens with zero attached hydrogens (tertiary/aromatic N) is 2. The van der Waals surface area contributed by atoms with Crippen LogP contribution < -0.4 is 10.5 Å². The normalized spacial score (nSPS) is 10.8. The van der Waals surface area contributed by atoms with Gasteiger partial charge < -0.3 is 15.5 Å². The summed E-state index contributed by atoms with van der Waals surface area (Å²) in [6.07, 6.45) is 0. The van der Waals surface area contributed by atoms with Crippen molar-refractivity contribution in [2.75, 3.05) is 7.11 Å². The lowest BCUT2D eigenvalue weighted by Crippen LogP contribution is -1.95. The van der Waals surface area contributed by atoms with Crippen LogP contribution in [0.1, 0.15) is 5.56 Å². The molecule has 3 rings (SSSR count). The number of aromatic amines is 1. The molecule has 0 unspecified atom stereocenters. The number of hydrogen-bond acceptors (Lipinski definition) is 4.